The quantitative estimate of drug-likeness (QED) is 0.789. The van der Waals surface area contributed by atoms with E-state index in [9.17, 15) is 8.42 Å². The lowest BCUT2D eigenvalue weighted by atomic mass is 10.1. The van der Waals surface area contributed by atoms with Gasteiger partial charge in [-0.15, -0.1) is 0 Å². The van der Waals surface area contributed by atoms with Gasteiger partial charge in [-0.3, -0.25) is 0 Å². The van der Waals surface area contributed by atoms with Gasteiger partial charge in [-0.05, 0) is 17.7 Å². The van der Waals surface area contributed by atoms with Crippen LogP contribution in [0, 0.1) is 0 Å². The Morgan fingerprint density at radius 2 is 2.13 bits per heavy atom. The molecule has 0 fully saturated rings. The van der Waals surface area contributed by atoms with Gasteiger partial charge in [-0.25, -0.2) is 8.42 Å². The molecule has 0 spiro atoms. The molecule has 0 aromatic heterocycles. The van der Waals surface area contributed by atoms with Gasteiger partial charge in [0.15, 0.2) is 0 Å². The van der Waals surface area contributed by atoms with Crippen LogP contribution >= 0.6 is 22.3 Å². The Bertz CT molecular complexity index is 431. The predicted molar refractivity (Wildman–Crippen MR) is 60.8 cm³/mol. The van der Waals surface area contributed by atoms with E-state index in [4.69, 9.17) is 27.0 Å². The van der Waals surface area contributed by atoms with Crippen molar-refractivity contribution in [2.24, 2.45) is 0 Å². The summed E-state index contributed by atoms with van der Waals surface area (Å²) >= 11 is 5.78. The van der Waals surface area contributed by atoms with E-state index in [1.54, 1.807) is 24.3 Å². The Kier molecular flexibility index (Phi) is 4.40. The van der Waals surface area contributed by atoms with Gasteiger partial charge in [0.25, 0.3) is 0 Å². The van der Waals surface area contributed by atoms with Crippen molar-refractivity contribution in [2.75, 3.05) is 12.9 Å². The predicted octanol–water partition coefficient (Wildman–Crippen LogP) is 2.60. The maximum Gasteiger partial charge on any atom is 0.235 e. The summed E-state index contributed by atoms with van der Waals surface area (Å²) in [6.07, 6.45) is -0.591. The molecule has 0 saturated carbocycles. The van der Waals surface area contributed by atoms with E-state index in [1.165, 1.54) is 7.11 Å². The molecule has 1 rings (SSSR count). The second kappa shape index (κ2) is 5.16. The summed E-state index contributed by atoms with van der Waals surface area (Å²) in [6.45, 7) is 0. The van der Waals surface area contributed by atoms with Gasteiger partial charge in [-0.1, -0.05) is 23.7 Å². The molecule has 0 aliphatic heterocycles. The van der Waals surface area contributed by atoms with Gasteiger partial charge in [0.2, 0.25) is 9.05 Å². The highest BCUT2D eigenvalue weighted by Crippen LogP contribution is 2.22. The van der Waals surface area contributed by atoms with Gasteiger partial charge in [0.05, 0.1) is 11.9 Å². The SMILES string of the molecule is COC(CS(=O)(=O)Cl)c1cccc(Cl)c1. The molecule has 0 N–H and O–H groups in total. The maximum absolute atomic E-state index is 10.9. The minimum absolute atomic E-state index is 0.272. The van der Waals surface area contributed by atoms with Crippen molar-refractivity contribution in [2.45, 2.75) is 6.10 Å². The van der Waals surface area contributed by atoms with Crippen LogP contribution in [0.25, 0.3) is 0 Å². The van der Waals surface area contributed by atoms with E-state index in [0.717, 1.165) is 0 Å². The minimum Gasteiger partial charge on any atom is -0.376 e. The summed E-state index contributed by atoms with van der Waals surface area (Å²) in [5, 5.41) is 0.529. The lowest BCUT2D eigenvalue weighted by Gasteiger charge is -2.13. The molecule has 1 aromatic carbocycles. The van der Waals surface area contributed by atoms with E-state index >= 15 is 0 Å². The van der Waals surface area contributed by atoms with Crippen molar-refractivity contribution in [3.63, 3.8) is 0 Å². The molecule has 0 aliphatic rings. The normalized spacial score (nSPS) is 13.8. The average Bonchev–Trinajstić information content (AvgIpc) is 2.13. The highest BCUT2D eigenvalue weighted by molar-refractivity contribution is 8.13. The van der Waals surface area contributed by atoms with Crippen molar-refractivity contribution in [1.29, 1.82) is 0 Å². The van der Waals surface area contributed by atoms with Crippen LogP contribution < -0.4 is 0 Å². The molecule has 0 heterocycles. The third-order valence-electron chi connectivity index (χ3n) is 1.86. The van der Waals surface area contributed by atoms with Crippen molar-refractivity contribution in [1.82, 2.24) is 0 Å². The second-order valence-electron chi connectivity index (χ2n) is 2.98. The van der Waals surface area contributed by atoms with E-state index in [-0.39, 0.29) is 5.75 Å². The van der Waals surface area contributed by atoms with E-state index in [1.807, 2.05) is 0 Å². The molecular formula is C9H10Cl2O3S. The van der Waals surface area contributed by atoms with Gasteiger partial charge in [0.1, 0.15) is 0 Å². The summed E-state index contributed by atoms with van der Waals surface area (Å²) in [4.78, 5) is 0. The topological polar surface area (TPSA) is 43.4 Å². The van der Waals surface area contributed by atoms with Gasteiger partial charge >= 0.3 is 0 Å². The fourth-order valence-corrected chi connectivity index (χ4v) is 2.42. The van der Waals surface area contributed by atoms with Crippen LogP contribution in [0.5, 0.6) is 0 Å². The van der Waals surface area contributed by atoms with Crippen LogP contribution in [0.15, 0.2) is 24.3 Å². The van der Waals surface area contributed by atoms with Gasteiger partial charge in [-0.2, -0.15) is 0 Å². The summed E-state index contributed by atoms with van der Waals surface area (Å²) in [6, 6.07) is 6.82. The summed E-state index contributed by atoms with van der Waals surface area (Å²) < 4.78 is 26.9. The molecule has 0 aliphatic carbocycles. The Hall–Kier alpha value is -0.290. The van der Waals surface area contributed by atoms with Crippen molar-refractivity contribution < 1.29 is 13.2 Å². The summed E-state index contributed by atoms with van der Waals surface area (Å²) in [5.41, 5.74) is 0.689. The van der Waals surface area contributed by atoms with Crippen LogP contribution in [0.1, 0.15) is 11.7 Å². The van der Waals surface area contributed by atoms with Gasteiger partial charge in [0, 0.05) is 22.8 Å². The van der Waals surface area contributed by atoms with Gasteiger partial charge < -0.3 is 4.74 Å². The molecule has 84 valence electrons. The molecular weight excluding hydrogens is 259 g/mol. The number of hydrogen-bond donors (Lipinski definition) is 0. The number of ether oxygens (including phenoxy) is 1. The fraction of sp³-hybridized carbons (Fsp3) is 0.333. The summed E-state index contributed by atoms with van der Waals surface area (Å²) in [7, 11) is 2.99. The first-order chi connectivity index (χ1) is 6.92. The number of halogens is 2. The number of rotatable bonds is 4. The third-order valence-corrected chi connectivity index (χ3v) is 3.17. The Morgan fingerprint density at radius 1 is 1.47 bits per heavy atom. The second-order valence-corrected chi connectivity index (χ2v) is 6.24. The van der Waals surface area contributed by atoms with Crippen LogP contribution in [-0.4, -0.2) is 21.3 Å². The Morgan fingerprint density at radius 3 is 2.60 bits per heavy atom. The Labute approximate surface area is 98.4 Å². The summed E-state index contributed by atoms with van der Waals surface area (Å²) in [5.74, 6) is -0.272. The maximum atomic E-state index is 10.9. The first-order valence-electron chi connectivity index (χ1n) is 4.13. The van der Waals surface area contributed by atoms with Crippen molar-refractivity contribution in [3.05, 3.63) is 34.9 Å². The largest absolute Gasteiger partial charge is 0.376 e. The first-order valence-corrected chi connectivity index (χ1v) is 6.98. The van der Waals surface area contributed by atoms with E-state index in [0.29, 0.717) is 10.6 Å². The minimum atomic E-state index is -3.59. The van der Waals surface area contributed by atoms with Crippen LogP contribution in [0.4, 0.5) is 0 Å². The van der Waals surface area contributed by atoms with Crippen molar-refractivity contribution >= 4 is 31.3 Å². The lowest BCUT2D eigenvalue weighted by Crippen LogP contribution is -2.12. The molecule has 0 amide bonds. The highest BCUT2D eigenvalue weighted by atomic mass is 35.7. The molecule has 6 heteroatoms. The molecule has 0 radical (unpaired) electrons. The monoisotopic (exact) mass is 268 g/mol. The smallest absolute Gasteiger partial charge is 0.235 e. The molecule has 15 heavy (non-hydrogen) atoms. The van der Waals surface area contributed by atoms with E-state index < -0.39 is 15.2 Å². The standard InChI is InChI=1S/C9H10Cl2O3S/c1-14-9(6-15(11,12)13)7-3-2-4-8(10)5-7/h2-5,9H,6H2,1H3. The number of hydrogen-bond acceptors (Lipinski definition) is 3. The fourth-order valence-electron chi connectivity index (χ4n) is 1.19. The van der Waals surface area contributed by atoms with E-state index in [2.05, 4.69) is 0 Å². The molecule has 1 unspecified atom stereocenters. The van der Waals surface area contributed by atoms with Crippen molar-refractivity contribution in [3.8, 4) is 0 Å². The highest BCUT2D eigenvalue weighted by Gasteiger charge is 2.18. The molecule has 3 nitrogen and oxygen atoms in total. The number of methoxy groups -OCH3 is 1. The average molecular weight is 269 g/mol. The zero-order valence-electron chi connectivity index (χ0n) is 7.98. The zero-order valence-corrected chi connectivity index (χ0v) is 10.3. The third kappa shape index (κ3) is 4.38. The molecule has 0 bridgehead atoms. The molecule has 0 saturated heterocycles. The van der Waals surface area contributed by atoms with Crippen LogP contribution in [-0.2, 0) is 13.8 Å². The van der Waals surface area contributed by atoms with Crippen LogP contribution in [0.2, 0.25) is 5.02 Å². The zero-order chi connectivity index (χ0) is 11.5. The lowest BCUT2D eigenvalue weighted by molar-refractivity contribution is 0.122. The molecule has 1 atom stereocenters. The first kappa shape index (κ1) is 12.8. The van der Waals surface area contributed by atoms with Crippen LogP contribution in [0.3, 0.4) is 0 Å². The number of benzene rings is 1. The molecule has 1 aromatic rings. The Balaban J connectivity index is 2.93.